The summed E-state index contributed by atoms with van der Waals surface area (Å²) < 4.78 is 10.1. The van der Waals surface area contributed by atoms with Crippen LogP contribution in [0.25, 0.3) is 0 Å². The average Bonchev–Trinajstić information content (AvgIpc) is 2.66. The van der Waals surface area contributed by atoms with Crippen LogP contribution in [0.4, 0.5) is 0 Å². The number of hydrogen-bond acceptors (Lipinski definition) is 5. The molecule has 0 radical (unpaired) electrons. The second kappa shape index (κ2) is 19.7. The van der Waals surface area contributed by atoms with E-state index in [-0.39, 0.29) is 31.1 Å². The average molecular weight is 386 g/mol. The number of rotatable bonds is 19. The fraction of sp³-hybridized carbons (Fsp3) is 0.909. The number of carbonyl (C=O) groups excluding carboxylic acids is 2. The summed E-state index contributed by atoms with van der Waals surface area (Å²) in [7, 11) is 0. The highest BCUT2D eigenvalue weighted by molar-refractivity contribution is 5.72. The van der Waals surface area contributed by atoms with E-state index in [0.717, 1.165) is 19.4 Å². The maximum atomic E-state index is 11.8. The van der Waals surface area contributed by atoms with Gasteiger partial charge >= 0.3 is 11.9 Å². The van der Waals surface area contributed by atoms with E-state index in [1.807, 2.05) is 13.8 Å². The molecule has 1 unspecified atom stereocenters. The van der Waals surface area contributed by atoms with Gasteiger partial charge in [-0.3, -0.25) is 9.59 Å². The largest absolute Gasteiger partial charge is 0.462 e. The second-order valence-corrected chi connectivity index (χ2v) is 7.43. The standard InChI is InChI=1S/C22H43NO4/c1-4-6-7-8-9-10-11-12-13-14-16-23-19-20(3)22(25)27-18-17-26-21(24)15-5-2/h20,23H,4-19H2,1-3H3. The first-order chi connectivity index (χ1) is 13.1. The van der Waals surface area contributed by atoms with E-state index in [0.29, 0.717) is 13.0 Å². The van der Waals surface area contributed by atoms with Gasteiger partial charge in [0.25, 0.3) is 0 Å². The molecule has 0 saturated carbocycles. The molecule has 1 N–H and O–H groups in total. The van der Waals surface area contributed by atoms with Crippen LogP contribution in [0.1, 0.15) is 97.8 Å². The molecular weight excluding hydrogens is 342 g/mol. The van der Waals surface area contributed by atoms with Gasteiger partial charge in [0.05, 0.1) is 5.92 Å². The maximum absolute atomic E-state index is 11.8. The molecule has 0 aliphatic rings. The summed E-state index contributed by atoms with van der Waals surface area (Å²) in [5.41, 5.74) is 0. The quantitative estimate of drug-likeness (QED) is 0.250. The molecule has 160 valence electrons. The van der Waals surface area contributed by atoms with Crippen LogP contribution in [-0.2, 0) is 19.1 Å². The van der Waals surface area contributed by atoms with Crippen LogP contribution in [0.2, 0.25) is 0 Å². The van der Waals surface area contributed by atoms with Crippen molar-refractivity contribution < 1.29 is 19.1 Å². The Kier molecular flexibility index (Phi) is 18.9. The highest BCUT2D eigenvalue weighted by Gasteiger charge is 2.14. The molecule has 1 atom stereocenters. The molecule has 0 bridgehead atoms. The Morgan fingerprint density at radius 1 is 0.778 bits per heavy atom. The Morgan fingerprint density at radius 2 is 1.33 bits per heavy atom. The summed E-state index contributed by atoms with van der Waals surface area (Å²) in [5.74, 6) is -0.656. The van der Waals surface area contributed by atoms with Gasteiger partial charge in [-0.2, -0.15) is 0 Å². The lowest BCUT2D eigenvalue weighted by Gasteiger charge is -2.12. The lowest BCUT2D eigenvalue weighted by molar-refractivity contribution is -0.154. The molecule has 0 amide bonds. The number of ether oxygens (including phenoxy) is 2. The fourth-order valence-corrected chi connectivity index (χ4v) is 2.86. The van der Waals surface area contributed by atoms with Gasteiger partial charge in [0, 0.05) is 13.0 Å². The van der Waals surface area contributed by atoms with Crippen LogP contribution >= 0.6 is 0 Å². The SMILES string of the molecule is CCCCCCCCCCCCNCC(C)C(=O)OCCOC(=O)CCC. The van der Waals surface area contributed by atoms with Crippen molar-refractivity contribution in [2.75, 3.05) is 26.3 Å². The molecule has 0 aromatic rings. The van der Waals surface area contributed by atoms with E-state index in [2.05, 4.69) is 12.2 Å². The summed E-state index contributed by atoms with van der Waals surface area (Å²) in [6.45, 7) is 7.89. The van der Waals surface area contributed by atoms with Gasteiger partial charge in [0.2, 0.25) is 0 Å². The van der Waals surface area contributed by atoms with Gasteiger partial charge in [-0.05, 0) is 19.4 Å². The van der Waals surface area contributed by atoms with E-state index < -0.39 is 0 Å². The number of esters is 2. The van der Waals surface area contributed by atoms with Crippen LogP contribution in [0.3, 0.4) is 0 Å². The molecule has 0 spiro atoms. The first-order valence-corrected chi connectivity index (χ1v) is 11.1. The molecule has 5 nitrogen and oxygen atoms in total. The lowest BCUT2D eigenvalue weighted by Crippen LogP contribution is -2.29. The fourth-order valence-electron chi connectivity index (χ4n) is 2.86. The number of unbranched alkanes of at least 4 members (excludes halogenated alkanes) is 9. The Balaban J connectivity index is 3.38. The van der Waals surface area contributed by atoms with Crippen LogP contribution < -0.4 is 5.32 Å². The van der Waals surface area contributed by atoms with Crippen molar-refractivity contribution in [3.8, 4) is 0 Å². The summed E-state index contributed by atoms with van der Waals surface area (Å²) >= 11 is 0. The molecule has 0 saturated heterocycles. The molecule has 0 heterocycles. The third kappa shape index (κ3) is 18.0. The Morgan fingerprint density at radius 3 is 1.93 bits per heavy atom. The van der Waals surface area contributed by atoms with Crippen LogP contribution in [0, 0.1) is 5.92 Å². The van der Waals surface area contributed by atoms with E-state index in [1.54, 1.807) is 0 Å². The van der Waals surface area contributed by atoms with Gasteiger partial charge in [-0.25, -0.2) is 0 Å². The minimum atomic E-state index is -0.239. The minimum Gasteiger partial charge on any atom is -0.462 e. The van der Waals surface area contributed by atoms with Crippen molar-refractivity contribution in [3.05, 3.63) is 0 Å². The summed E-state index contributed by atoms with van der Waals surface area (Å²) in [6, 6.07) is 0. The first kappa shape index (κ1) is 25.9. The maximum Gasteiger partial charge on any atom is 0.310 e. The van der Waals surface area contributed by atoms with E-state index in [4.69, 9.17) is 9.47 Å². The Hall–Kier alpha value is -1.10. The van der Waals surface area contributed by atoms with Gasteiger partial charge in [0.1, 0.15) is 13.2 Å². The molecule has 0 aliphatic carbocycles. The monoisotopic (exact) mass is 385 g/mol. The van der Waals surface area contributed by atoms with E-state index in [1.165, 1.54) is 57.8 Å². The third-order valence-corrected chi connectivity index (χ3v) is 4.60. The smallest absolute Gasteiger partial charge is 0.310 e. The minimum absolute atomic E-state index is 0.136. The van der Waals surface area contributed by atoms with Crippen LogP contribution in [-0.4, -0.2) is 38.2 Å². The van der Waals surface area contributed by atoms with Gasteiger partial charge in [-0.15, -0.1) is 0 Å². The van der Waals surface area contributed by atoms with Crippen molar-refractivity contribution in [2.45, 2.75) is 97.8 Å². The highest BCUT2D eigenvalue weighted by atomic mass is 16.6. The lowest BCUT2D eigenvalue weighted by atomic mass is 10.1. The van der Waals surface area contributed by atoms with Crippen molar-refractivity contribution in [2.24, 2.45) is 5.92 Å². The molecule has 0 aromatic heterocycles. The summed E-state index contributed by atoms with van der Waals surface area (Å²) in [4.78, 5) is 23.0. The number of hydrogen-bond donors (Lipinski definition) is 1. The normalized spacial score (nSPS) is 12.0. The topological polar surface area (TPSA) is 64.6 Å². The van der Waals surface area contributed by atoms with Gasteiger partial charge in [-0.1, -0.05) is 78.6 Å². The predicted octanol–water partition coefficient (Wildman–Crippen LogP) is 5.02. The van der Waals surface area contributed by atoms with Gasteiger partial charge < -0.3 is 14.8 Å². The molecule has 0 aliphatic heterocycles. The third-order valence-electron chi connectivity index (χ3n) is 4.60. The van der Waals surface area contributed by atoms with Crippen molar-refractivity contribution in [1.82, 2.24) is 5.32 Å². The van der Waals surface area contributed by atoms with E-state index in [9.17, 15) is 9.59 Å². The number of nitrogens with one attached hydrogen (secondary N) is 1. The zero-order valence-corrected chi connectivity index (χ0v) is 18.0. The zero-order valence-electron chi connectivity index (χ0n) is 18.0. The molecule has 5 heteroatoms. The van der Waals surface area contributed by atoms with E-state index >= 15 is 0 Å². The molecular formula is C22H43NO4. The highest BCUT2D eigenvalue weighted by Crippen LogP contribution is 2.10. The van der Waals surface area contributed by atoms with Crippen LogP contribution in [0.5, 0.6) is 0 Å². The van der Waals surface area contributed by atoms with Crippen LogP contribution in [0.15, 0.2) is 0 Å². The number of carbonyl (C=O) groups is 2. The molecule has 0 aromatic carbocycles. The molecule has 0 rings (SSSR count). The van der Waals surface area contributed by atoms with Gasteiger partial charge in [0.15, 0.2) is 0 Å². The molecule has 0 fully saturated rings. The molecule has 27 heavy (non-hydrogen) atoms. The second-order valence-electron chi connectivity index (χ2n) is 7.43. The Labute approximate surface area is 167 Å². The Bertz CT molecular complexity index is 360. The predicted molar refractivity (Wildman–Crippen MR) is 111 cm³/mol. The van der Waals surface area contributed by atoms with Crippen molar-refractivity contribution in [3.63, 3.8) is 0 Å². The summed E-state index contributed by atoms with van der Waals surface area (Å²) in [6.07, 6.45) is 14.5. The summed E-state index contributed by atoms with van der Waals surface area (Å²) in [5, 5.41) is 3.33. The van der Waals surface area contributed by atoms with Crippen molar-refractivity contribution >= 4 is 11.9 Å². The first-order valence-electron chi connectivity index (χ1n) is 11.1. The van der Waals surface area contributed by atoms with Crippen molar-refractivity contribution in [1.29, 1.82) is 0 Å². The zero-order chi connectivity index (χ0) is 20.2.